The highest BCUT2D eigenvalue weighted by Crippen LogP contribution is 2.25. The van der Waals surface area contributed by atoms with Crippen molar-refractivity contribution in [3.63, 3.8) is 0 Å². The van der Waals surface area contributed by atoms with E-state index in [1.54, 1.807) is 30.3 Å². The van der Waals surface area contributed by atoms with Gasteiger partial charge >= 0.3 is 0 Å². The van der Waals surface area contributed by atoms with Crippen molar-refractivity contribution >= 4 is 55.1 Å². The van der Waals surface area contributed by atoms with Crippen molar-refractivity contribution in [1.82, 2.24) is 10.0 Å². The normalized spacial score (nSPS) is 12.6. The molecule has 0 spiro atoms. The maximum atomic E-state index is 12.2. The maximum absolute atomic E-state index is 12.2. The van der Waals surface area contributed by atoms with Gasteiger partial charge in [-0.2, -0.15) is 0 Å². The predicted molar refractivity (Wildman–Crippen MR) is 107 cm³/mol. The summed E-state index contributed by atoms with van der Waals surface area (Å²) in [6.07, 6.45) is 0.0153. The molecule has 0 aliphatic carbocycles. The van der Waals surface area contributed by atoms with Crippen molar-refractivity contribution in [2.75, 3.05) is 6.54 Å². The molecule has 140 valence electrons. The second kappa shape index (κ2) is 9.19. The highest BCUT2D eigenvalue weighted by Gasteiger charge is 2.15. The van der Waals surface area contributed by atoms with Gasteiger partial charge in [-0.3, -0.25) is 4.79 Å². The van der Waals surface area contributed by atoms with Crippen LogP contribution in [0.25, 0.3) is 0 Å². The Labute approximate surface area is 171 Å². The minimum Gasteiger partial charge on any atom is -0.350 e. The van der Waals surface area contributed by atoms with Crippen LogP contribution in [0, 0.1) is 0 Å². The summed E-state index contributed by atoms with van der Waals surface area (Å²) in [4.78, 5) is 12.2. The summed E-state index contributed by atoms with van der Waals surface area (Å²) in [5.74, 6) is -0.276. The van der Waals surface area contributed by atoms with Gasteiger partial charge in [-0.1, -0.05) is 45.2 Å². The quantitative estimate of drug-likeness (QED) is 0.621. The van der Waals surface area contributed by atoms with Crippen LogP contribution in [-0.2, 0) is 14.8 Å². The molecule has 0 aliphatic heterocycles. The summed E-state index contributed by atoms with van der Waals surface area (Å²) in [7, 11) is -3.65. The van der Waals surface area contributed by atoms with Crippen molar-refractivity contribution in [2.45, 2.75) is 24.3 Å². The first-order chi connectivity index (χ1) is 12.2. The van der Waals surface area contributed by atoms with Gasteiger partial charge in [0.1, 0.15) is 0 Å². The van der Waals surface area contributed by atoms with Gasteiger partial charge in [0.15, 0.2) is 0 Å². The molecule has 9 heteroatoms. The van der Waals surface area contributed by atoms with E-state index in [0.29, 0.717) is 10.0 Å². The van der Waals surface area contributed by atoms with Crippen molar-refractivity contribution in [3.8, 4) is 0 Å². The van der Waals surface area contributed by atoms with E-state index < -0.39 is 10.0 Å². The van der Waals surface area contributed by atoms with Crippen LogP contribution in [0.15, 0.2) is 51.8 Å². The third-order valence-electron chi connectivity index (χ3n) is 3.59. The number of hydrogen-bond acceptors (Lipinski definition) is 3. The maximum Gasteiger partial charge on any atom is 0.240 e. The molecule has 26 heavy (non-hydrogen) atoms. The number of sulfonamides is 1. The van der Waals surface area contributed by atoms with Crippen LogP contribution >= 0.6 is 39.1 Å². The summed E-state index contributed by atoms with van der Waals surface area (Å²) in [5.41, 5.74) is 0.809. The largest absolute Gasteiger partial charge is 0.350 e. The predicted octanol–water partition coefficient (Wildman–Crippen LogP) is 4.30. The SMILES string of the molecule is CC(NC(=O)CCNS(=O)(=O)c1ccc(Br)cc1)c1ccc(Cl)c(Cl)c1. The van der Waals surface area contributed by atoms with Crippen LogP contribution in [0.3, 0.4) is 0 Å². The van der Waals surface area contributed by atoms with Crippen molar-refractivity contribution < 1.29 is 13.2 Å². The number of carbonyl (C=O) groups is 1. The van der Waals surface area contributed by atoms with E-state index in [9.17, 15) is 13.2 Å². The Morgan fingerprint density at radius 2 is 1.77 bits per heavy atom. The smallest absolute Gasteiger partial charge is 0.240 e. The molecule has 2 aromatic rings. The number of halogens is 3. The second-order valence-corrected chi connectivity index (χ2v) is 9.06. The average molecular weight is 480 g/mol. The first-order valence-electron chi connectivity index (χ1n) is 7.68. The van der Waals surface area contributed by atoms with Crippen molar-refractivity contribution in [1.29, 1.82) is 0 Å². The van der Waals surface area contributed by atoms with E-state index in [1.807, 2.05) is 6.92 Å². The monoisotopic (exact) mass is 478 g/mol. The second-order valence-electron chi connectivity index (χ2n) is 5.56. The average Bonchev–Trinajstić information content (AvgIpc) is 2.57. The fraction of sp³-hybridized carbons (Fsp3) is 0.235. The van der Waals surface area contributed by atoms with Crippen molar-refractivity contribution in [2.24, 2.45) is 0 Å². The minimum atomic E-state index is -3.65. The Balaban J connectivity index is 1.86. The Morgan fingerprint density at radius 1 is 1.12 bits per heavy atom. The molecule has 5 nitrogen and oxygen atoms in total. The van der Waals surface area contributed by atoms with E-state index in [4.69, 9.17) is 23.2 Å². The molecule has 0 aliphatic rings. The van der Waals surface area contributed by atoms with Crippen LogP contribution in [0.2, 0.25) is 10.0 Å². The zero-order valence-electron chi connectivity index (χ0n) is 13.8. The fourth-order valence-electron chi connectivity index (χ4n) is 2.17. The van der Waals surface area contributed by atoms with Gasteiger partial charge in [0.05, 0.1) is 21.0 Å². The molecular weight excluding hydrogens is 463 g/mol. The summed E-state index contributed by atoms with van der Waals surface area (Å²) in [5, 5.41) is 3.65. The van der Waals surface area contributed by atoms with Crippen LogP contribution in [0.5, 0.6) is 0 Å². The van der Waals surface area contributed by atoms with Gasteiger partial charge in [0.25, 0.3) is 0 Å². The third kappa shape index (κ3) is 5.96. The summed E-state index contributed by atoms with van der Waals surface area (Å²) in [6, 6.07) is 11.1. The number of hydrogen-bond donors (Lipinski definition) is 2. The summed E-state index contributed by atoms with van der Waals surface area (Å²) < 4.78 is 27.5. The molecule has 0 aromatic heterocycles. The number of benzene rings is 2. The van der Waals surface area contributed by atoms with Crippen LogP contribution in [-0.4, -0.2) is 20.9 Å². The summed E-state index contributed by atoms with van der Waals surface area (Å²) >= 11 is 15.1. The van der Waals surface area contributed by atoms with Gasteiger partial charge < -0.3 is 5.32 Å². The lowest BCUT2D eigenvalue weighted by molar-refractivity contribution is -0.121. The molecule has 0 bridgehead atoms. The Hall–Kier alpha value is -1.12. The van der Waals surface area contributed by atoms with E-state index in [2.05, 4.69) is 26.0 Å². The number of carbonyl (C=O) groups excluding carboxylic acids is 1. The Kier molecular flexibility index (Phi) is 7.49. The molecule has 0 saturated carbocycles. The lowest BCUT2D eigenvalue weighted by atomic mass is 10.1. The van der Waals surface area contributed by atoms with E-state index in [-0.39, 0.29) is 29.8 Å². The van der Waals surface area contributed by atoms with Gasteiger partial charge in [-0.15, -0.1) is 0 Å². The van der Waals surface area contributed by atoms with Gasteiger partial charge in [-0.25, -0.2) is 13.1 Å². The first kappa shape index (κ1) is 21.2. The third-order valence-corrected chi connectivity index (χ3v) is 6.33. The zero-order valence-corrected chi connectivity index (χ0v) is 17.7. The number of nitrogens with one attached hydrogen (secondary N) is 2. The molecule has 0 fully saturated rings. The Bertz CT molecular complexity index is 889. The molecule has 0 saturated heterocycles. The van der Waals surface area contributed by atoms with Crippen LogP contribution < -0.4 is 10.0 Å². The van der Waals surface area contributed by atoms with E-state index in [1.165, 1.54) is 12.1 Å². The lowest BCUT2D eigenvalue weighted by Crippen LogP contribution is -2.32. The zero-order chi connectivity index (χ0) is 19.3. The highest BCUT2D eigenvalue weighted by atomic mass is 79.9. The molecule has 2 rings (SSSR count). The molecule has 2 aromatic carbocycles. The first-order valence-corrected chi connectivity index (χ1v) is 10.7. The van der Waals surface area contributed by atoms with Gasteiger partial charge in [0.2, 0.25) is 15.9 Å². The fourth-order valence-corrected chi connectivity index (χ4v) is 3.78. The van der Waals surface area contributed by atoms with Gasteiger partial charge in [-0.05, 0) is 48.9 Å². The van der Waals surface area contributed by atoms with Gasteiger partial charge in [0, 0.05) is 17.4 Å². The molecule has 0 heterocycles. The number of rotatable bonds is 7. The van der Waals surface area contributed by atoms with Crippen LogP contribution in [0.1, 0.15) is 24.9 Å². The van der Waals surface area contributed by atoms with E-state index in [0.717, 1.165) is 10.0 Å². The number of amides is 1. The molecule has 0 radical (unpaired) electrons. The molecule has 1 amide bonds. The molecule has 1 unspecified atom stereocenters. The molecular formula is C17H17BrCl2N2O3S. The Morgan fingerprint density at radius 3 is 2.38 bits per heavy atom. The summed E-state index contributed by atoms with van der Waals surface area (Å²) in [6.45, 7) is 1.81. The molecule has 2 N–H and O–H groups in total. The standard InChI is InChI=1S/C17H17BrCl2N2O3S/c1-11(12-2-7-15(19)16(20)10-12)22-17(23)8-9-21-26(24,25)14-5-3-13(18)4-6-14/h2-7,10-11,21H,8-9H2,1H3,(H,22,23). The molecule has 1 atom stereocenters. The minimum absolute atomic E-state index is 0.00166. The van der Waals surface area contributed by atoms with E-state index >= 15 is 0 Å². The van der Waals surface area contributed by atoms with Crippen LogP contribution in [0.4, 0.5) is 0 Å². The highest BCUT2D eigenvalue weighted by molar-refractivity contribution is 9.10. The van der Waals surface area contributed by atoms with Crippen molar-refractivity contribution in [3.05, 3.63) is 62.5 Å². The lowest BCUT2D eigenvalue weighted by Gasteiger charge is -2.15. The topological polar surface area (TPSA) is 75.3 Å².